The molecule has 0 saturated carbocycles. The van der Waals surface area contributed by atoms with Crippen LogP contribution < -0.4 is 0 Å². The molecule has 0 aromatic heterocycles. The second-order valence-electron chi connectivity index (χ2n) is 4.13. The van der Waals surface area contributed by atoms with Crippen molar-refractivity contribution >= 4 is 19.6 Å². The number of hydrogen-bond donors (Lipinski definition) is 0. The molecule has 3 rings (SSSR count). The van der Waals surface area contributed by atoms with E-state index in [0.717, 1.165) is 17.3 Å². The Kier molecular flexibility index (Phi) is 3.20. The summed E-state index contributed by atoms with van der Waals surface area (Å²) in [6.45, 7) is 2.63. The molecule has 0 unspecified atom stereocenters. The van der Waals surface area contributed by atoms with E-state index in [2.05, 4.69) is 6.92 Å². The predicted octanol–water partition coefficient (Wildman–Crippen LogP) is 0.818. The van der Waals surface area contributed by atoms with Crippen LogP contribution in [0, 0.1) is 10.1 Å². The molecule has 3 fully saturated rings. The Morgan fingerprint density at radius 1 is 1.33 bits per heavy atom. The SMILES string of the molecule is CCC[CH2][Sn]12[O]CC([N+](=O)[O-])(C[O]1)C[O]2. The van der Waals surface area contributed by atoms with Crippen LogP contribution in [0.4, 0.5) is 0 Å². The molecular formula is C8H15NO5Sn. The van der Waals surface area contributed by atoms with Gasteiger partial charge >= 0.3 is 93.4 Å². The van der Waals surface area contributed by atoms with E-state index in [1.165, 1.54) is 0 Å². The minimum absolute atomic E-state index is 0.180. The zero-order valence-corrected chi connectivity index (χ0v) is 11.6. The molecule has 15 heavy (non-hydrogen) atoms. The molecule has 3 aliphatic rings. The van der Waals surface area contributed by atoms with Crippen LogP contribution in [0.1, 0.15) is 19.8 Å². The zero-order chi connectivity index (χ0) is 10.9. The van der Waals surface area contributed by atoms with Crippen LogP contribution in [0.3, 0.4) is 0 Å². The van der Waals surface area contributed by atoms with E-state index in [1.807, 2.05) is 0 Å². The van der Waals surface area contributed by atoms with E-state index in [0.29, 0.717) is 0 Å². The number of unbranched alkanes of at least 4 members (excludes halogenated alkanes) is 1. The van der Waals surface area contributed by atoms with Crippen LogP contribution in [0.25, 0.3) is 0 Å². The van der Waals surface area contributed by atoms with Gasteiger partial charge in [0.25, 0.3) is 0 Å². The van der Waals surface area contributed by atoms with E-state index >= 15 is 0 Å². The third kappa shape index (κ3) is 2.00. The summed E-state index contributed by atoms with van der Waals surface area (Å²) in [5.41, 5.74) is -1.13. The standard InChI is InChI=1S/C4H6NO5.C4H9.Sn/c6-1-4(2-7,3-8)5(9)10;1-3-4-2;/h1-3H2;1,3-4H2,2H3;/q-3;;+3. The van der Waals surface area contributed by atoms with Crippen molar-refractivity contribution in [1.29, 1.82) is 0 Å². The number of hydrogen-bond acceptors (Lipinski definition) is 5. The monoisotopic (exact) mass is 325 g/mol. The molecule has 86 valence electrons. The van der Waals surface area contributed by atoms with Crippen molar-refractivity contribution in [3.05, 3.63) is 10.1 Å². The second kappa shape index (κ2) is 4.15. The molecule has 0 aromatic rings. The van der Waals surface area contributed by atoms with Gasteiger partial charge in [-0.05, 0) is 0 Å². The maximum absolute atomic E-state index is 10.8. The van der Waals surface area contributed by atoms with Gasteiger partial charge in [-0.2, -0.15) is 0 Å². The number of nitro groups is 1. The van der Waals surface area contributed by atoms with Gasteiger partial charge in [-0.1, -0.05) is 0 Å². The Labute approximate surface area is 93.5 Å². The molecule has 7 heteroatoms. The minimum atomic E-state index is -3.28. The van der Waals surface area contributed by atoms with Gasteiger partial charge in [-0.3, -0.25) is 0 Å². The first-order valence-electron chi connectivity index (χ1n) is 5.19. The molecule has 0 aliphatic carbocycles. The van der Waals surface area contributed by atoms with Crippen molar-refractivity contribution in [2.75, 3.05) is 19.8 Å². The van der Waals surface area contributed by atoms with Gasteiger partial charge in [0.2, 0.25) is 0 Å². The molecule has 0 N–H and O–H groups in total. The Morgan fingerprint density at radius 3 is 2.27 bits per heavy atom. The molecule has 6 nitrogen and oxygen atoms in total. The average Bonchev–Trinajstić information content (AvgIpc) is 2.29. The summed E-state index contributed by atoms with van der Waals surface area (Å²) >= 11 is -3.28. The van der Waals surface area contributed by atoms with E-state index in [4.69, 9.17) is 9.22 Å². The summed E-state index contributed by atoms with van der Waals surface area (Å²) in [6, 6.07) is 0. The third-order valence-corrected chi connectivity index (χ3v) is 10.7. The van der Waals surface area contributed by atoms with Crippen molar-refractivity contribution in [3.8, 4) is 0 Å². The Hall–Kier alpha value is 0.0787. The van der Waals surface area contributed by atoms with Crippen LogP contribution in [0.5, 0.6) is 0 Å². The molecule has 0 aromatic carbocycles. The average molecular weight is 324 g/mol. The zero-order valence-electron chi connectivity index (χ0n) is 8.73. The van der Waals surface area contributed by atoms with Crippen LogP contribution in [-0.2, 0) is 9.22 Å². The normalized spacial score (nSPS) is 39.3. The van der Waals surface area contributed by atoms with Gasteiger partial charge in [-0.25, -0.2) is 0 Å². The summed E-state index contributed by atoms with van der Waals surface area (Å²) in [5, 5.41) is 10.8. The van der Waals surface area contributed by atoms with E-state index in [-0.39, 0.29) is 24.7 Å². The van der Waals surface area contributed by atoms with Gasteiger partial charge in [0.15, 0.2) is 0 Å². The molecule has 0 radical (unpaired) electrons. The molecule has 3 aliphatic heterocycles. The topological polar surface area (TPSA) is 70.8 Å². The fourth-order valence-corrected chi connectivity index (χ4v) is 10.1. The summed E-state index contributed by atoms with van der Waals surface area (Å²) in [7, 11) is 0. The summed E-state index contributed by atoms with van der Waals surface area (Å²) in [6.07, 6.45) is 2.08. The molecule has 0 amide bonds. The van der Waals surface area contributed by atoms with Crippen LogP contribution in [0.2, 0.25) is 4.44 Å². The van der Waals surface area contributed by atoms with Gasteiger partial charge in [0.05, 0.1) is 0 Å². The van der Waals surface area contributed by atoms with Crippen molar-refractivity contribution in [2.24, 2.45) is 0 Å². The van der Waals surface area contributed by atoms with Crippen molar-refractivity contribution in [3.63, 3.8) is 0 Å². The quantitative estimate of drug-likeness (QED) is 0.435. The second-order valence-corrected chi connectivity index (χ2v) is 11.9. The fraction of sp³-hybridized carbons (Fsp3) is 1.00. The number of nitrogens with zero attached hydrogens (tertiary/aromatic N) is 1. The molecule has 0 atom stereocenters. The first kappa shape index (κ1) is 11.6. The molecular weight excluding hydrogens is 309 g/mol. The van der Waals surface area contributed by atoms with Crippen molar-refractivity contribution in [2.45, 2.75) is 29.7 Å². The Bertz CT molecular complexity index is 247. The first-order chi connectivity index (χ1) is 7.13. The number of fused-ring (bicyclic) bond motifs is 3. The summed E-state index contributed by atoms with van der Waals surface area (Å²) in [4.78, 5) is 10.5. The fourth-order valence-electron chi connectivity index (χ4n) is 1.75. The van der Waals surface area contributed by atoms with Crippen LogP contribution in [-0.4, -0.2) is 49.9 Å². The Balaban J connectivity index is 2.01. The van der Waals surface area contributed by atoms with Gasteiger partial charge in [0, 0.05) is 0 Å². The predicted molar refractivity (Wildman–Crippen MR) is 53.1 cm³/mol. The molecule has 2 bridgehead atoms. The Morgan fingerprint density at radius 2 is 1.87 bits per heavy atom. The number of rotatable bonds is 4. The molecule has 3 heterocycles. The summed E-state index contributed by atoms with van der Waals surface area (Å²) in [5.74, 6) is 0. The van der Waals surface area contributed by atoms with E-state index < -0.39 is 25.2 Å². The molecule has 3 saturated heterocycles. The molecule has 0 spiro atoms. The summed E-state index contributed by atoms with van der Waals surface area (Å²) < 4.78 is 17.5. The third-order valence-electron chi connectivity index (χ3n) is 2.91. The van der Waals surface area contributed by atoms with Gasteiger partial charge < -0.3 is 0 Å². The van der Waals surface area contributed by atoms with Gasteiger partial charge in [-0.15, -0.1) is 0 Å². The maximum atomic E-state index is 10.8. The van der Waals surface area contributed by atoms with Gasteiger partial charge in [0.1, 0.15) is 0 Å². The van der Waals surface area contributed by atoms with E-state index in [1.54, 1.807) is 0 Å². The van der Waals surface area contributed by atoms with Crippen molar-refractivity contribution < 1.29 is 14.1 Å². The van der Waals surface area contributed by atoms with Crippen LogP contribution >= 0.6 is 0 Å². The van der Waals surface area contributed by atoms with E-state index in [9.17, 15) is 10.1 Å². The van der Waals surface area contributed by atoms with Crippen LogP contribution in [0.15, 0.2) is 0 Å². The van der Waals surface area contributed by atoms with Crippen molar-refractivity contribution in [1.82, 2.24) is 0 Å². The first-order valence-corrected chi connectivity index (χ1v) is 10.7.